The topological polar surface area (TPSA) is 80.1 Å². The van der Waals surface area contributed by atoms with Crippen molar-refractivity contribution in [1.29, 1.82) is 0 Å². The standard InChI is InChI=1S/C15H18N4O2/c1-10-5-6-11(15-19-17-9-21-15)8-13(10)18-14(20)12-4-2-3-7-16-12/h5-6,8-9,12,16H,2-4,7H2,1H3,(H,18,20). The molecule has 0 aliphatic carbocycles. The molecular weight excluding hydrogens is 268 g/mol. The van der Waals surface area contributed by atoms with Crippen LogP contribution in [0.2, 0.25) is 0 Å². The maximum Gasteiger partial charge on any atom is 0.247 e. The predicted molar refractivity (Wildman–Crippen MR) is 78.7 cm³/mol. The van der Waals surface area contributed by atoms with Crippen molar-refractivity contribution >= 4 is 11.6 Å². The summed E-state index contributed by atoms with van der Waals surface area (Å²) in [7, 11) is 0. The zero-order chi connectivity index (χ0) is 14.7. The van der Waals surface area contributed by atoms with E-state index in [4.69, 9.17) is 4.42 Å². The molecule has 1 aromatic heterocycles. The van der Waals surface area contributed by atoms with Gasteiger partial charge in [-0.05, 0) is 44.0 Å². The summed E-state index contributed by atoms with van der Waals surface area (Å²) in [6.07, 6.45) is 4.40. The first kappa shape index (κ1) is 13.8. The maximum absolute atomic E-state index is 12.3. The van der Waals surface area contributed by atoms with Crippen molar-refractivity contribution in [2.24, 2.45) is 0 Å². The molecule has 1 amide bonds. The van der Waals surface area contributed by atoms with E-state index in [1.54, 1.807) is 0 Å². The van der Waals surface area contributed by atoms with Crippen LogP contribution in [0, 0.1) is 6.92 Å². The van der Waals surface area contributed by atoms with Gasteiger partial charge in [0.25, 0.3) is 0 Å². The Morgan fingerprint density at radius 3 is 3.05 bits per heavy atom. The van der Waals surface area contributed by atoms with Gasteiger partial charge in [0.15, 0.2) is 0 Å². The second kappa shape index (κ2) is 6.05. The van der Waals surface area contributed by atoms with Crippen LogP contribution in [0.25, 0.3) is 11.5 Å². The van der Waals surface area contributed by atoms with E-state index in [1.807, 2.05) is 25.1 Å². The number of hydrogen-bond donors (Lipinski definition) is 2. The van der Waals surface area contributed by atoms with Crippen molar-refractivity contribution in [3.63, 3.8) is 0 Å². The third kappa shape index (κ3) is 3.11. The minimum atomic E-state index is -0.106. The molecule has 0 saturated carbocycles. The molecule has 1 fully saturated rings. The summed E-state index contributed by atoms with van der Waals surface area (Å²) in [5, 5.41) is 13.8. The van der Waals surface area contributed by atoms with Crippen LogP contribution in [0.4, 0.5) is 5.69 Å². The molecule has 2 N–H and O–H groups in total. The molecule has 1 aliphatic rings. The van der Waals surface area contributed by atoms with Gasteiger partial charge in [-0.15, -0.1) is 10.2 Å². The molecule has 1 unspecified atom stereocenters. The van der Waals surface area contributed by atoms with Gasteiger partial charge in [0.2, 0.25) is 18.2 Å². The molecule has 1 saturated heterocycles. The minimum absolute atomic E-state index is 0.0143. The van der Waals surface area contributed by atoms with Crippen molar-refractivity contribution in [2.75, 3.05) is 11.9 Å². The summed E-state index contributed by atoms with van der Waals surface area (Å²) in [5.41, 5.74) is 2.58. The lowest BCUT2D eigenvalue weighted by Crippen LogP contribution is -2.43. The Morgan fingerprint density at radius 1 is 1.43 bits per heavy atom. The normalized spacial score (nSPS) is 18.4. The van der Waals surface area contributed by atoms with Gasteiger partial charge in [-0.1, -0.05) is 12.5 Å². The number of aromatic nitrogens is 2. The Hall–Kier alpha value is -2.21. The summed E-state index contributed by atoms with van der Waals surface area (Å²) >= 11 is 0. The highest BCUT2D eigenvalue weighted by molar-refractivity contribution is 5.96. The fraction of sp³-hybridized carbons (Fsp3) is 0.400. The van der Waals surface area contributed by atoms with Crippen LogP contribution >= 0.6 is 0 Å². The van der Waals surface area contributed by atoms with Gasteiger partial charge in [-0.3, -0.25) is 4.79 Å². The number of aryl methyl sites for hydroxylation is 1. The van der Waals surface area contributed by atoms with E-state index in [0.717, 1.165) is 42.6 Å². The maximum atomic E-state index is 12.3. The Kier molecular flexibility index (Phi) is 3.96. The number of carbonyl (C=O) groups excluding carboxylic acids is 1. The van der Waals surface area contributed by atoms with Gasteiger partial charge in [0, 0.05) is 11.3 Å². The molecule has 6 heteroatoms. The van der Waals surface area contributed by atoms with Gasteiger partial charge in [-0.2, -0.15) is 0 Å². The molecular formula is C15H18N4O2. The Labute approximate surface area is 123 Å². The van der Waals surface area contributed by atoms with Crippen LogP contribution in [-0.2, 0) is 4.79 Å². The number of carbonyl (C=O) groups is 1. The molecule has 0 radical (unpaired) electrons. The number of hydrogen-bond acceptors (Lipinski definition) is 5. The molecule has 0 spiro atoms. The average molecular weight is 286 g/mol. The average Bonchev–Trinajstić information content (AvgIpc) is 3.04. The summed E-state index contributed by atoms with van der Waals surface area (Å²) in [5.74, 6) is 0.460. The first-order chi connectivity index (χ1) is 10.2. The fourth-order valence-electron chi connectivity index (χ4n) is 2.48. The number of piperidine rings is 1. The highest BCUT2D eigenvalue weighted by Gasteiger charge is 2.21. The van der Waals surface area contributed by atoms with Gasteiger partial charge >= 0.3 is 0 Å². The van der Waals surface area contributed by atoms with Crippen LogP contribution in [0.1, 0.15) is 24.8 Å². The van der Waals surface area contributed by atoms with Gasteiger partial charge < -0.3 is 15.1 Å². The van der Waals surface area contributed by atoms with E-state index in [9.17, 15) is 4.79 Å². The second-order valence-electron chi connectivity index (χ2n) is 5.27. The Balaban J connectivity index is 1.78. The molecule has 0 bridgehead atoms. The summed E-state index contributed by atoms with van der Waals surface area (Å²) in [6.45, 7) is 2.86. The first-order valence-electron chi connectivity index (χ1n) is 7.15. The highest BCUT2D eigenvalue weighted by atomic mass is 16.4. The minimum Gasteiger partial charge on any atom is -0.423 e. The van der Waals surface area contributed by atoms with E-state index in [0.29, 0.717) is 5.89 Å². The number of nitrogens with one attached hydrogen (secondary N) is 2. The predicted octanol–water partition coefficient (Wildman–Crippen LogP) is 2.13. The number of benzene rings is 1. The van der Waals surface area contributed by atoms with Crippen molar-refractivity contribution in [2.45, 2.75) is 32.2 Å². The lowest BCUT2D eigenvalue weighted by molar-refractivity contribution is -0.118. The zero-order valence-corrected chi connectivity index (χ0v) is 11.9. The largest absolute Gasteiger partial charge is 0.423 e. The highest BCUT2D eigenvalue weighted by Crippen LogP contribution is 2.24. The van der Waals surface area contributed by atoms with Crippen LogP contribution in [0.5, 0.6) is 0 Å². The van der Waals surface area contributed by atoms with Crippen LogP contribution in [0.15, 0.2) is 29.0 Å². The Bertz CT molecular complexity index is 619. The smallest absolute Gasteiger partial charge is 0.247 e. The molecule has 6 nitrogen and oxygen atoms in total. The summed E-state index contributed by atoms with van der Waals surface area (Å²) < 4.78 is 5.19. The van der Waals surface area contributed by atoms with Crippen LogP contribution in [0.3, 0.4) is 0 Å². The van der Waals surface area contributed by atoms with E-state index in [2.05, 4.69) is 20.8 Å². The van der Waals surface area contributed by atoms with E-state index >= 15 is 0 Å². The lowest BCUT2D eigenvalue weighted by atomic mass is 10.0. The van der Waals surface area contributed by atoms with Crippen molar-refractivity contribution in [3.8, 4) is 11.5 Å². The molecule has 1 aliphatic heterocycles. The number of amides is 1. The van der Waals surface area contributed by atoms with Crippen LogP contribution in [-0.4, -0.2) is 28.7 Å². The fourth-order valence-corrected chi connectivity index (χ4v) is 2.48. The summed E-state index contributed by atoms with van der Waals surface area (Å²) in [4.78, 5) is 12.3. The third-order valence-electron chi connectivity index (χ3n) is 3.73. The summed E-state index contributed by atoms with van der Waals surface area (Å²) in [6, 6.07) is 5.59. The lowest BCUT2D eigenvalue weighted by Gasteiger charge is -2.23. The van der Waals surface area contributed by atoms with Crippen molar-refractivity contribution in [1.82, 2.24) is 15.5 Å². The van der Waals surface area contributed by atoms with Crippen molar-refractivity contribution < 1.29 is 9.21 Å². The molecule has 1 atom stereocenters. The molecule has 21 heavy (non-hydrogen) atoms. The number of rotatable bonds is 3. The van der Waals surface area contributed by atoms with Gasteiger partial charge in [0.05, 0.1) is 6.04 Å². The molecule has 2 heterocycles. The Morgan fingerprint density at radius 2 is 2.33 bits per heavy atom. The SMILES string of the molecule is Cc1ccc(-c2nnco2)cc1NC(=O)C1CCCCN1. The van der Waals surface area contributed by atoms with Crippen molar-refractivity contribution in [3.05, 3.63) is 30.2 Å². The monoisotopic (exact) mass is 286 g/mol. The van der Waals surface area contributed by atoms with E-state index in [-0.39, 0.29) is 11.9 Å². The quantitative estimate of drug-likeness (QED) is 0.903. The second-order valence-corrected chi connectivity index (χ2v) is 5.27. The molecule has 1 aromatic carbocycles. The first-order valence-corrected chi connectivity index (χ1v) is 7.15. The molecule has 110 valence electrons. The zero-order valence-electron chi connectivity index (χ0n) is 11.9. The van der Waals surface area contributed by atoms with E-state index < -0.39 is 0 Å². The number of anilines is 1. The number of nitrogens with zero attached hydrogens (tertiary/aromatic N) is 2. The van der Waals surface area contributed by atoms with Crippen LogP contribution < -0.4 is 10.6 Å². The van der Waals surface area contributed by atoms with E-state index in [1.165, 1.54) is 6.39 Å². The van der Waals surface area contributed by atoms with Gasteiger partial charge in [-0.25, -0.2) is 0 Å². The molecule has 2 aromatic rings. The third-order valence-corrected chi connectivity index (χ3v) is 3.73. The molecule has 3 rings (SSSR count). The van der Waals surface area contributed by atoms with Gasteiger partial charge in [0.1, 0.15) is 0 Å².